The molecule has 4 heteroatoms. The monoisotopic (exact) mass is 231 g/mol. The van der Waals surface area contributed by atoms with E-state index in [1.54, 1.807) is 6.20 Å². The van der Waals surface area contributed by atoms with E-state index in [1.165, 1.54) is 12.8 Å². The predicted octanol–water partition coefficient (Wildman–Crippen LogP) is 1.71. The average molecular weight is 231 g/mol. The third-order valence-electron chi connectivity index (χ3n) is 3.26. The van der Waals surface area contributed by atoms with Gasteiger partial charge in [0, 0.05) is 31.1 Å². The molecule has 0 bridgehead atoms. The normalized spacial score (nSPS) is 20.6. The maximum atomic E-state index is 5.89. The van der Waals surface area contributed by atoms with Crippen LogP contribution in [0.1, 0.15) is 12.8 Å². The quantitative estimate of drug-likeness (QED) is 0.874. The van der Waals surface area contributed by atoms with Gasteiger partial charge in [-0.05, 0) is 31.5 Å². The second-order valence-electron chi connectivity index (χ2n) is 4.55. The van der Waals surface area contributed by atoms with Crippen molar-refractivity contribution in [3.05, 3.63) is 30.7 Å². The Hall–Kier alpha value is -1.55. The number of hydrogen-bond donors (Lipinski definition) is 1. The second kappa shape index (κ2) is 4.75. The molecule has 0 aliphatic carbocycles. The first kappa shape index (κ1) is 10.6. The van der Waals surface area contributed by atoms with Crippen molar-refractivity contribution in [1.82, 2.24) is 14.7 Å². The molecule has 1 saturated heterocycles. The van der Waals surface area contributed by atoms with Crippen molar-refractivity contribution in [2.24, 2.45) is 5.92 Å². The smallest absolute Gasteiger partial charge is 0.179 e. The summed E-state index contributed by atoms with van der Waals surface area (Å²) in [4.78, 5) is 4.30. The second-order valence-corrected chi connectivity index (χ2v) is 4.55. The zero-order valence-corrected chi connectivity index (χ0v) is 9.80. The van der Waals surface area contributed by atoms with Gasteiger partial charge in [-0.2, -0.15) is 0 Å². The molecule has 2 aromatic rings. The molecule has 1 fully saturated rings. The highest BCUT2D eigenvalue weighted by molar-refractivity contribution is 5.53. The van der Waals surface area contributed by atoms with Crippen LogP contribution in [0.2, 0.25) is 0 Å². The van der Waals surface area contributed by atoms with Gasteiger partial charge in [0.15, 0.2) is 11.4 Å². The number of rotatable bonds is 3. The van der Waals surface area contributed by atoms with E-state index in [4.69, 9.17) is 4.74 Å². The van der Waals surface area contributed by atoms with E-state index in [9.17, 15) is 0 Å². The van der Waals surface area contributed by atoms with Crippen LogP contribution in [0.25, 0.3) is 5.65 Å². The number of ether oxygens (including phenoxy) is 1. The molecule has 4 nitrogen and oxygen atoms in total. The highest BCUT2D eigenvalue weighted by atomic mass is 16.5. The molecule has 3 heterocycles. The van der Waals surface area contributed by atoms with Crippen LogP contribution >= 0.6 is 0 Å². The first-order valence-electron chi connectivity index (χ1n) is 6.19. The van der Waals surface area contributed by atoms with E-state index >= 15 is 0 Å². The molecule has 3 rings (SSSR count). The van der Waals surface area contributed by atoms with Crippen LogP contribution in [-0.2, 0) is 0 Å². The molecule has 1 aliphatic rings. The van der Waals surface area contributed by atoms with Crippen molar-refractivity contribution in [3.8, 4) is 5.75 Å². The number of imidazole rings is 1. The Balaban J connectivity index is 1.69. The number of nitrogens with zero attached hydrogens (tertiary/aromatic N) is 2. The lowest BCUT2D eigenvalue weighted by Crippen LogP contribution is -2.33. The lowest BCUT2D eigenvalue weighted by atomic mass is 10.0. The molecule has 1 aliphatic heterocycles. The first-order valence-corrected chi connectivity index (χ1v) is 6.19. The first-order chi connectivity index (χ1) is 8.43. The Morgan fingerprint density at radius 2 is 2.47 bits per heavy atom. The Kier molecular flexibility index (Phi) is 2.96. The van der Waals surface area contributed by atoms with Gasteiger partial charge in [0.1, 0.15) is 0 Å². The highest BCUT2D eigenvalue weighted by Crippen LogP contribution is 2.19. The minimum atomic E-state index is 0.624. The fraction of sp³-hybridized carbons (Fsp3) is 0.462. The highest BCUT2D eigenvalue weighted by Gasteiger charge is 2.14. The van der Waals surface area contributed by atoms with Crippen molar-refractivity contribution < 1.29 is 4.74 Å². The van der Waals surface area contributed by atoms with Gasteiger partial charge in [-0.3, -0.25) is 0 Å². The molecule has 0 radical (unpaired) electrons. The van der Waals surface area contributed by atoms with Crippen molar-refractivity contribution in [1.29, 1.82) is 0 Å². The summed E-state index contributed by atoms with van der Waals surface area (Å²) in [6.07, 6.45) is 8.22. The molecule has 90 valence electrons. The van der Waals surface area contributed by atoms with Crippen LogP contribution in [0.4, 0.5) is 0 Å². The summed E-state index contributed by atoms with van der Waals surface area (Å²) in [5, 5.41) is 3.40. The summed E-state index contributed by atoms with van der Waals surface area (Å²) in [5.41, 5.74) is 0.899. The number of hydrogen-bond acceptors (Lipinski definition) is 3. The van der Waals surface area contributed by atoms with Gasteiger partial charge >= 0.3 is 0 Å². The lowest BCUT2D eigenvalue weighted by Gasteiger charge is -2.22. The maximum Gasteiger partial charge on any atom is 0.179 e. The molecule has 17 heavy (non-hydrogen) atoms. The van der Waals surface area contributed by atoms with Crippen molar-refractivity contribution in [3.63, 3.8) is 0 Å². The van der Waals surface area contributed by atoms with Crippen LogP contribution in [0, 0.1) is 5.92 Å². The topological polar surface area (TPSA) is 38.6 Å². The molecule has 0 saturated carbocycles. The zero-order chi connectivity index (χ0) is 11.5. The van der Waals surface area contributed by atoms with Gasteiger partial charge in [0.25, 0.3) is 0 Å². The van der Waals surface area contributed by atoms with Gasteiger partial charge < -0.3 is 14.5 Å². The van der Waals surface area contributed by atoms with Crippen molar-refractivity contribution in [2.45, 2.75) is 12.8 Å². The summed E-state index contributed by atoms with van der Waals surface area (Å²) in [6.45, 7) is 2.99. The van der Waals surface area contributed by atoms with E-state index in [0.717, 1.165) is 31.1 Å². The predicted molar refractivity (Wildman–Crippen MR) is 66.3 cm³/mol. The SMILES string of the molecule is c1cc(OCC2CCCNC2)c2nccn2c1. The summed E-state index contributed by atoms with van der Waals surface area (Å²) >= 11 is 0. The summed E-state index contributed by atoms with van der Waals surface area (Å²) in [6, 6.07) is 3.97. The van der Waals surface area contributed by atoms with Gasteiger partial charge in [-0.15, -0.1) is 0 Å². The third kappa shape index (κ3) is 2.26. The standard InChI is InChI=1S/C13H17N3O/c1-3-11(9-14-5-1)10-17-12-4-2-7-16-8-6-15-13(12)16/h2,4,6-8,11,14H,1,3,5,9-10H2. The van der Waals surface area contributed by atoms with E-state index in [1.807, 2.05) is 28.9 Å². The number of piperidine rings is 1. The van der Waals surface area contributed by atoms with E-state index in [-0.39, 0.29) is 0 Å². The molecule has 1 N–H and O–H groups in total. The van der Waals surface area contributed by atoms with E-state index < -0.39 is 0 Å². The van der Waals surface area contributed by atoms with Gasteiger partial charge in [-0.1, -0.05) is 0 Å². The summed E-state index contributed by atoms with van der Waals surface area (Å²) < 4.78 is 7.87. The molecule has 0 spiro atoms. The van der Waals surface area contributed by atoms with Crippen LogP contribution in [0.3, 0.4) is 0 Å². The largest absolute Gasteiger partial charge is 0.489 e. The third-order valence-corrected chi connectivity index (χ3v) is 3.26. The van der Waals surface area contributed by atoms with Gasteiger partial charge in [-0.25, -0.2) is 4.98 Å². The van der Waals surface area contributed by atoms with Gasteiger partial charge in [0.2, 0.25) is 0 Å². The maximum absolute atomic E-state index is 5.89. The average Bonchev–Trinajstić information content (AvgIpc) is 2.86. The number of aromatic nitrogens is 2. The minimum absolute atomic E-state index is 0.624. The van der Waals surface area contributed by atoms with E-state index in [2.05, 4.69) is 10.3 Å². The Labute approximate surface area is 101 Å². The van der Waals surface area contributed by atoms with Crippen LogP contribution in [0.5, 0.6) is 5.75 Å². The molecular weight excluding hydrogens is 214 g/mol. The van der Waals surface area contributed by atoms with E-state index in [0.29, 0.717) is 5.92 Å². The van der Waals surface area contributed by atoms with Crippen molar-refractivity contribution >= 4 is 5.65 Å². The Bertz CT molecular complexity index is 488. The zero-order valence-electron chi connectivity index (χ0n) is 9.80. The Morgan fingerprint density at radius 3 is 3.35 bits per heavy atom. The fourth-order valence-electron chi connectivity index (χ4n) is 2.31. The number of fused-ring (bicyclic) bond motifs is 1. The molecule has 1 unspecified atom stereocenters. The minimum Gasteiger partial charge on any atom is -0.489 e. The molecule has 2 aromatic heterocycles. The van der Waals surface area contributed by atoms with Crippen molar-refractivity contribution in [2.75, 3.05) is 19.7 Å². The van der Waals surface area contributed by atoms with Crippen LogP contribution in [-0.4, -0.2) is 29.1 Å². The van der Waals surface area contributed by atoms with Crippen LogP contribution in [0.15, 0.2) is 30.7 Å². The van der Waals surface area contributed by atoms with Gasteiger partial charge in [0.05, 0.1) is 6.61 Å². The summed E-state index contributed by atoms with van der Waals surface area (Å²) in [5.74, 6) is 1.50. The molecular formula is C13H17N3O. The lowest BCUT2D eigenvalue weighted by molar-refractivity contribution is 0.219. The summed E-state index contributed by atoms with van der Waals surface area (Å²) in [7, 11) is 0. The molecule has 0 amide bonds. The molecule has 1 atom stereocenters. The number of nitrogens with one attached hydrogen (secondary N) is 1. The van der Waals surface area contributed by atoms with Crippen LogP contribution < -0.4 is 10.1 Å². The fourth-order valence-corrected chi connectivity index (χ4v) is 2.31. The molecule has 0 aromatic carbocycles. The Morgan fingerprint density at radius 1 is 1.47 bits per heavy atom. The number of pyridine rings is 1.